The zero-order valence-electron chi connectivity index (χ0n) is 16.5. The Balaban J connectivity index is 1.94. The SMILES string of the molecule is Cc1cccc(C)c1-c1nc(-c2ccc(OCC(C)(C)C)cc2)nc(=O)[nH]1. The Labute approximate surface area is 159 Å². The Morgan fingerprint density at radius 2 is 1.59 bits per heavy atom. The second-order valence-corrected chi connectivity index (χ2v) is 7.97. The van der Waals surface area contributed by atoms with Crippen molar-refractivity contribution < 1.29 is 4.74 Å². The quantitative estimate of drug-likeness (QED) is 0.739. The van der Waals surface area contributed by atoms with Crippen LogP contribution in [-0.4, -0.2) is 21.6 Å². The van der Waals surface area contributed by atoms with Crippen molar-refractivity contribution in [3.8, 4) is 28.5 Å². The fourth-order valence-electron chi connectivity index (χ4n) is 2.82. The summed E-state index contributed by atoms with van der Waals surface area (Å²) in [5, 5.41) is 0. The van der Waals surface area contributed by atoms with Gasteiger partial charge in [-0.2, -0.15) is 4.98 Å². The van der Waals surface area contributed by atoms with Gasteiger partial charge in [0.15, 0.2) is 5.82 Å². The lowest BCUT2D eigenvalue weighted by Crippen LogP contribution is -2.17. The van der Waals surface area contributed by atoms with Gasteiger partial charge < -0.3 is 4.74 Å². The van der Waals surface area contributed by atoms with E-state index in [9.17, 15) is 4.79 Å². The summed E-state index contributed by atoms with van der Waals surface area (Å²) in [6, 6.07) is 13.5. The lowest BCUT2D eigenvalue weighted by molar-refractivity contribution is 0.198. The van der Waals surface area contributed by atoms with Crippen LogP contribution in [0.15, 0.2) is 47.3 Å². The number of hydrogen-bond acceptors (Lipinski definition) is 4. The number of benzene rings is 2. The summed E-state index contributed by atoms with van der Waals surface area (Å²) in [7, 11) is 0. The van der Waals surface area contributed by atoms with Crippen molar-refractivity contribution >= 4 is 0 Å². The first kappa shape index (κ1) is 18.8. The molecule has 0 aliphatic rings. The molecule has 3 aromatic rings. The Kier molecular flexibility index (Phi) is 5.13. The predicted octanol–water partition coefficient (Wildman–Crippen LogP) is 4.54. The van der Waals surface area contributed by atoms with E-state index >= 15 is 0 Å². The molecule has 0 saturated heterocycles. The second kappa shape index (κ2) is 7.35. The van der Waals surface area contributed by atoms with Crippen LogP contribution in [-0.2, 0) is 0 Å². The molecule has 0 radical (unpaired) electrons. The predicted molar refractivity (Wildman–Crippen MR) is 108 cm³/mol. The first-order chi connectivity index (χ1) is 12.7. The fraction of sp³-hybridized carbons (Fsp3) is 0.318. The highest BCUT2D eigenvalue weighted by Crippen LogP contribution is 2.26. The Morgan fingerprint density at radius 1 is 0.963 bits per heavy atom. The number of aryl methyl sites for hydroxylation is 2. The molecule has 0 atom stereocenters. The average molecular weight is 363 g/mol. The van der Waals surface area contributed by atoms with E-state index in [1.165, 1.54) is 0 Å². The van der Waals surface area contributed by atoms with Crippen LogP contribution in [0.1, 0.15) is 31.9 Å². The molecule has 0 saturated carbocycles. The number of H-pyrrole nitrogens is 1. The number of aromatic amines is 1. The standard InChI is InChI=1S/C22H25N3O2/c1-14-7-6-8-15(2)18(14)20-23-19(24-21(26)25-20)16-9-11-17(12-10-16)27-13-22(3,4)5/h6-12H,13H2,1-5H3,(H,23,24,25,26). The number of nitrogens with one attached hydrogen (secondary N) is 1. The minimum Gasteiger partial charge on any atom is -0.493 e. The maximum Gasteiger partial charge on any atom is 0.348 e. The van der Waals surface area contributed by atoms with Crippen LogP contribution in [0.3, 0.4) is 0 Å². The van der Waals surface area contributed by atoms with Gasteiger partial charge in [-0.3, -0.25) is 4.98 Å². The highest BCUT2D eigenvalue weighted by Gasteiger charge is 2.13. The zero-order valence-corrected chi connectivity index (χ0v) is 16.5. The van der Waals surface area contributed by atoms with Crippen molar-refractivity contribution in [2.24, 2.45) is 5.41 Å². The van der Waals surface area contributed by atoms with Gasteiger partial charge in [0.25, 0.3) is 0 Å². The molecule has 0 spiro atoms. The maximum absolute atomic E-state index is 12.1. The first-order valence-corrected chi connectivity index (χ1v) is 9.01. The molecule has 3 rings (SSSR count). The fourth-order valence-corrected chi connectivity index (χ4v) is 2.82. The first-order valence-electron chi connectivity index (χ1n) is 9.01. The molecule has 5 nitrogen and oxygen atoms in total. The maximum atomic E-state index is 12.1. The molecule has 0 aliphatic carbocycles. The van der Waals surface area contributed by atoms with Gasteiger partial charge in [-0.1, -0.05) is 39.0 Å². The molecule has 2 aromatic carbocycles. The molecule has 0 amide bonds. The highest BCUT2D eigenvalue weighted by molar-refractivity contribution is 5.66. The largest absolute Gasteiger partial charge is 0.493 e. The third-order valence-electron chi connectivity index (χ3n) is 4.15. The van der Waals surface area contributed by atoms with Crippen LogP contribution in [0, 0.1) is 19.3 Å². The van der Waals surface area contributed by atoms with E-state index in [1.807, 2.05) is 56.3 Å². The Bertz CT molecular complexity index is 979. The summed E-state index contributed by atoms with van der Waals surface area (Å²) < 4.78 is 5.80. The van der Waals surface area contributed by atoms with E-state index in [2.05, 4.69) is 35.7 Å². The number of nitrogens with zero attached hydrogens (tertiary/aromatic N) is 2. The minimum absolute atomic E-state index is 0.0921. The highest BCUT2D eigenvalue weighted by atomic mass is 16.5. The third-order valence-corrected chi connectivity index (χ3v) is 4.15. The molecule has 1 N–H and O–H groups in total. The number of rotatable bonds is 4. The van der Waals surface area contributed by atoms with Gasteiger partial charge in [-0.05, 0) is 54.7 Å². The molecule has 140 valence electrons. The van der Waals surface area contributed by atoms with Crippen molar-refractivity contribution in [1.82, 2.24) is 15.0 Å². The second-order valence-electron chi connectivity index (χ2n) is 7.97. The van der Waals surface area contributed by atoms with Crippen molar-refractivity contribution in [3.63, 3.8) is 0 Å². The van der Waals surface area contributed by atoms with Crippen molar-refractivity contribution in [3.05, 3.63) is 64.1 Å². The molecule has 0 unspecified atom stereocenters. The molecule has 1 aromatic heterocycles. The lowest BCUT2D eigenvalue weighted by Gasteiger charge is -2.18. The van der Waals surface area contributed by atoms with E-state index in [0.717, 1.165) is 28.0 Å². The van der Waals surface area contributed by atoms with Crippen molar-refractivity contribution in [1.29, 1.82) is 0 Å². The van der Waals surface area contributed by atoms with Crippen molar-refractivity contribution in [2.45, 2.75) is 34.6 Å². The summed E-state index contributed by atoms with van der Waals surface area (Å²) >= 11 is 0. The summed E-state index contributed by atoms with van der Waals surface area (Å²) in [6.07, 6.45) is 0. The van der Waals surface area contributed by atoms with Gasteiger partial charge >= 0.3 is 5.69 Å². The van der Waals surface area contributed by atoms with Gasteiger partial charge in [-0.15, -0.1) is 0 Å². The van der Waals surface area contributed by atoms with Gasteiger partial charge in [-0.25, -0.2) is 9.78 Å². The summed E-state index contributed by atoms with van der Waals surface area (Å²) in [6.45, 7) is 11.0. The molecule has 1 heterocycles. The third kappa shape index (κ3) is 4.61. The van der Waals surface area contributed by atoms with Crippen LogP contribution >= 0.6 is 0 Å². The number of ether oxygens (including phenoxy) is 1. The van der Waals surface area contributed by atoms with Gasteiger partial charge in [0.1, 0.15) is 11.6 Å². The molecule has 0 aliphatic heterocycles. The topological polar surface area (TPSA) is 67.9 Å². The molecule has 0 fully saturated rings. The van der Waals surface area contributed by atoms with Crippen LogP contribution in [0.4, 0.5) is 0 Å². The molecule has 5 heteroatoms. The van der Waals surface area contributed by atoms with Gasteiger partial charge in [0.2, 0.25) is 0 Å². The van der Waals surface area contributed by atoms with Crippen molar-refractivity contribution in [2.75, 3.05) is 6.61 Å². The summed E-state index contributed by atoms with van der Waals surface area (Å²) in [5.41, 5.74) is 3.50. The zero-order chi connectivity index (χ0) is 19.6. The smallest absolute Gasteiger partial charge is 0.348 e. The number of aromatic nitrogens is 3. The normalized spacial score (nSPS) is 11.4. The number of hydrogen-bond donors (Lipinski definition) is 1. The van der Waals surface area contributed by atoms with E-state index < -0.39 is 5.69 Å². The summed E-state index contributed by atoms with van der Waals surface area (Å²) in [4.78, 5) is 23.5. The average Bonchev–Trinajstić information content (AvgIpc) is 2.59. The Morgan fingerprint density at radius 3 is 2.19 bits per heavy atom. The van der Waals surface area contributed by atoms with Crippen LogP contribution in [0.25, 0.3) is 22.8 Å². The minimum atomic E-state index is -0.411. The van der Waals surface area contributed by atoms with Crippen LogP contribution in [0.2, 0.25) is 0 Å². The van der Waals surface area contributed by atoms with E-state index in [-0.39, 0.29) is 5.41 Å². The van der Waals surface area contributed by atoms with Crippen LogP contribution < -0.4 is 10.4 Å². The molecular weight excluding hydrogens is 338 g/mol. The van der Waals surface area contributed by atoms with Gasteiger partial charge in [0, 0.05) is 11.1 Å². The summed E-state index contributed by atoms with van der Waals surface area (Å²) in [5.74, 6) is 1.72. The molecule has 27 heavy (non-hydrogen) atoms. The van der Waals surface area contributed by atoms with E-state index in [0.29, 0.717) is 18.3 Å². The van der Waals surface area contributed by atoms with E-state index in [1.54, 1.807) is 0 Å². The molecular formula is C22H25N3O2. The van der Waals surface area contributed by atoms with E-state index in [4.69, 9.17) is 4.74 Å². The van der Waals surface area contributed by atoms with Crippen LogP contribution in [0.5, 0.6) is 5.75 Å². The monoisotopic (exact) mass is 363 g/mol. The Hall–Kier alpha value is -2.95. The lowest BCUT2D eigenvalue weighted by atomic mass is 9.99. The van der Waals surface area contributed by atoms with Gasteiger partial charge in [0.05, 0.1) is 6.61 Å². The molecule has 0 bridgehead atoms.